The van der Waals surface area contributed by atoms with Crippen LogP contribution in [0.4, 0.5) is 0 Å². The van der Waals surface area contributed by atoms with Crippen molar-refractivity contribution in [2.75, 3.05) is 0 Å². The Morgan fingerprint density at radius 3 is 2.21 bits per heavy atom. The molecule has 0 radical (unpaired) electrons. The van der Waals surface area contributed by atoms with E-state index in [0.717, 1.165) is 25.7 Å². The minimum atomic E-state index is 0.0225. The Morgan fingerprint density at radius 1 is 1.16 bits per heavy atom. The van der Waals surface area contributed by atoms with E-state index >= 15 is 0 Å². The van der Waals surface area contributed by atoms with Gasteiger partial charge in [-0.3, -0.25) is 10.1 Å². The lowest BCUT2D eigenvalue weighted by Crippen LogP contribution is -2.46. The second kappa shape index (κ2) is 7.28. The molecule has 0 aromatic heterocycles. The lowest BCUT2D eigenvalue weighted by molar-refractivity contribution is -0.134. The van der Waals surface area contributed by atoms with Crippen LogP contribution < -0.4 is 5.32 Å². The Bertz CT molecular complexity index is 290. The molecule has 112 valence electrons. The Balaban J connectivity index is 2.93. The van der Waals surface area contributed by atoms with Crippen molar-refractivity contribution in [3.05, 3.63) is 0 Å². The number of amides is 1. The summed E-state index contributed by atoms with van der Waals surface area (Å²) in [5.74, 6) is 1.26. The van der Waals surface area contributed by atoms with Crippen LogP contribution in [0.1, 0.15) is 67.2 Å². The molecule has 0 aliphatic carbocycles. The fourth-order valence-corrected chi connectivity index (χ4v) is 3.20. The summed E-state index contributed by atoms with van der Waals surface area (Å²) in [7, 11) is 0. The van der Waals surface area contributed by atoms with Gasteiger partial charge in [0.05, 0.1) is 12.2 Å². The molecule has 1 N–H and O–H groups in total. The first-order valence-electron chi connectivity index (χ1n) is 8.05. The zero-order valence-corrected chi connectivity index (χ0v) is 13.6. The highest BCUT2D eigenvalue weighted by molar-refractivity contribution is 5.85. The molecule has 1 heterocycles. The van der Waals surface area contributed by atoms with Crippen LogP contribution >= 0.6 is 0 Å². The Kier molecular flexibility index (Phi) is 6.31. The van der Waals surface area contributed by atoms with Crippen molar-refractivity contribution in [1.29, 1.82) is 0 Å². The van der Waals surface area contributed by atoms with E-state index in [1.165, 1.54) is 0 Å². The van der Waals surface area contributed by atoms with Crippen molar-refractivity contribution in [2.24, 2.45) is 11.8 Å². The monoisotopic (exact) mass is 268 g/mol. The van der Waals surface area contributed by atoms with Crippen molar-refractivity contribution < 1.29 is 4.79 Å². The smallest absolute Gasteiger partial charge is 0.241 e. The van der Waals surface area contributed by atoms with Crippen molar-refractivity contribution in [3.8, 4) is 0 Å². The SMILES string of the molecule is CCCC1NC(C(C)CC)C(=O)N1C(CC)C(C)C. The molecule has 1 aliphatic rings. The Labute approximate surface area is 119 Å². The summed E-state index contributed by atoms with van der Waals surface area (Å²) in [5.41, 5.74) is 0. The molecule has 19 heavy (non-hydrogen) atoms. The molecule has 0 spiro atoms. The number of hydrogen-bond donors (Lipinski definition) is 1. The number of carbonyl (C=O) groups excluding carboxylic acids is 1. The van der Waals surface area contributed by atoms with Gasteiger partial charge in [-0.05, 0) is 24.7 Å². The molecule has 0 bridgehead atoms. The van der Waals surface area contributed by atoms with Crippen LogP contribution in [0.15, 0.2) is 0 Å². The highest BCUT2D eigenvalue weighted by Crippen LogP contribution is 2.27. The highest BCUT2D eigenvalue weighted by atomic mass is 16.2. The second-order valence-corrected chi connectivity index (χ2v) is 6.30. The van der Waals surface area contributed by atoms with E-state index in [2.05, 4.69) is 51.8 Å². The predicted octanol–water partition coefficient (Wildman–Crippen LogP) is 3.39. The Hall–Kier alpha value is -0.570. The highest BCUT2D eigenvalue weighted by Gasteiger charge is 2.43. The molecule has 0 saturated carbocycles. The third kappa shape index (κ3) is 3.50. The van der Waals surface area contributed by atoms with E-state index in [4.69, 9.17) is 0 Å². The van der Waals surface area contributed by atoms with E-state index in [1.54, 1.807) is 0 Å². The number of nitrogens with one attached hydrogen (secondary N) is 1. The van der Waals surface area contributed by atoms with Crippen molar-refractivity contribution in [3.63, 3.8) is 0 Å². The molecular formula is C16H32N2O. The average Bonchev–Trinajstić information content (AvgIpc) is 2.68. The molecule has 4 atom stereocenters. The normalized spacial score (nSPS) is 27.1. The summed E-state index contributed by atoms with van der Waals surface area (Å²) in [6, 6.07) is 0.389. The minimum absolute atomic E-state index is 0.0225. The molecule has 0 aromatic rings. The van der Waals surface area contributed by atoms with Crippen LogP contribution in [-0.2, 0) is 4.79 Å². The second-order valence-electron chi connectivity index (χ2n) is 6.30. The van der Waals surface area contributed by atoms with Crippen molar-refractivity contribution in [1.82, 2.24) is 10.2 Å². The van der Waals surface area contributed by atoms with E-state index in [1.807, 2.05) is 0 Å². The van der Waals surface area contributed by atoms with Crippen LogP contribution in [0.25, 0.3) is 0 Å². The van der Waals surface area contributed by atoms with Gasteiger partial charge in [0.25, 0.3) is 0 Å². The Morgan fingerprint density at radius 2 is 1.79 bits per heavy atom. The molecule has 1 saturated heterocycles. The maximum Gasteiger partial charge on any atom is 0.241 e. The summed E-state index contributed by atoms with van der Waals surface area (Å²) >= 11 is 0. The zero-order valence-electron chi connectivity index (χ0n) is 13.6. The van der Waals surface area contributed by atoms with Crippen LogP contribution in [0.3, 0.4) is 0 Å². The lowest BCUT2D eigenvalue weighted by Gasteiger charge is -2.34. The molecule has 1 rings (SSSR count). The largest absolute Gasteiger partial charge is 0.323 e. The van der Waals surface area contributed by atoms with Crippen LogP contribution in [-0.4, -0.2) is 29.1 Å². The molecule has 3 nitrogen and oxygen atoms in total. The molecule has 3 heteroatoms. The van der Waals surface area contributed by atoms with Gasteiger partial charge in [-0.1, -0.05) is 54.4 Å². The number of rotatable bonds is 7. The van der Waals surface area contributed by atoms with Gasteiger partial charge in [0, 0.05) is 6.04 Å². The number of nitrogens with zero attached hydrogens (tertiary/aromatic N) is 1. The van der Waals surface area contributed by atoms with Gasteiger partial charge in [-0.15, -0.1) is 0 Å². The van der Waals surface area contributed by atoms with Gasteiger partial charge in [0.2, 0.25) is 5.91 Å². The summed E-state index contributed by atoms with van der Waals surface area (Å²) in [6.07, 6.45) is 4.50. The summed E-state index contributed by atoms with van der Waals surface area (Å²) in [4.78, 5) is 14.9. The predicted molar refractivity (Wildman–Crippen MR) is 80.8 cm³/mol. The van der Waals surface area contributed by atoms with Crippen molar-refractivity contribution >= 4 is 5.91 Å². The topological polar surface area (TPSA) is 32.3 Å². The molecule has 1 amide bonds. The molecule has 0 aromatic carbocycles. The lowest BCUT2D eigenvalue weighted by atomic mass is 9.96. The van der Waals surface area contributed by atoms with E-state index in [-0.39, 0.29) is 12.2 Å². The molecule has 1 aliphatic heterocycles. The molecule has 4 unspecified atom stereocenters. The van der Waals surface area contributed by atoms with Crippen LogP contribution in [0.5, 0.6) is 0 Å². The first-order valence-corrected chi connectivity index (χ1v) is 8.05. The van der Waals surface area contributed by atoms with E-state index in [9.17, 15) is 4.79 Å². The third-order valence-electron chi connectivity index (χ3n) is 4.55. The van der Waals surface area contributed by atoms with E-state index in [0.29, 0.717) is 23.8 Å². The van der Waals surface area contributed by atoms with Gasteiger partial charge in [-0.25, -0.2) is 0 Å². The van der Waals surface area contributed by atoms with Crippen LogP contribution in [0, 0.1) is 11.8 Å². The van der Waals surface area contributed by atoms with E-state index < -0.39 is 0 Å². The quantitative estimate of drug-likeness (QED) is 0.767. The average molecular weight is 268 g/mol. The maximum atomic E-state index is 12.8. The number of carbonyl (C=O) groups is 1. The first-order chi connectivity index (χ1) is 8.97. The fraction of sp³-hybridized carbons (Fsp3) is 0.938. The minimum Gasteiger partial charge on any atom is -0.323 e. The van der Waals surface area contributed by atoms with Gasteiger partial charge < -0.3 is 4.90 Å². The van der Waals surface area contributed by atoms with Crippen molar-refractivity contribution in [2.45, 2.75) is 85.5 Å². The summed E-state index contributed by atoms with van der Waals surface area (Å²) in [6.45, 7) is 13.2. The maximum absolute atomic E-state index is 12.8. The third-order valence-corrected chi connectivity index (χ3v) is 4.55. The molecule has 1 fully saturated rings. The summed E-state index contributed by atoms with van der Waals surface area (Å²) in [5, 5.41) is 3.59. The van der Waals surface area contributed by atoms with Gasteiger partial charge in [0.1, 0.15) is 0 Å². The zero-order chi connectivity index (χ0) is 14.6. The van der Waals surface area contributed by atoms with Crippen LogP contribution in [0.2, 0.25) is 0 Å². The van der Waals surface area contributed by atoms with Gasteiger partial charge >= 0.3 is 0 Å². The van der Waals surface area contributed by atoms with Gasteiger partial charge in [-0.2, -0.15) is 0 Å². The molecular weight excluding hydrogens is 236 g/mol. The number of hydrogen-bond acceptors (Lipinski definition) is 2. The first kappa shape index (κ1) is 16.5. The summed E-state index contributed by atoms with van der Waals surface area (Å²) < 4.78 is 0. The standard InChI is InChI=1S/C16H32N2O/c1-7-10-14-17-15(12(6)8-2)16(19)18(14)13(9-3)11(4)5/h11-15,17H,7-10H2,1-6H3. The fourth-order valence-electron chi connectivity index (χ4n) is 3.20. The van der Waals surface area contributed by atoms with Gasteiger partial charge in [0.15, 0.2) is 0 Å².